The third-order valence-corrected chi connectivity index (χ3v) is 12.4. The van der Waals surface area contributed by atoms with Gasteiger partial charge < -0.3 is 39.2 Å². The van der Waals surface area contributed by atoms with E-state index in [4.69, 9.17) is 40.4 Å². The average molecular weight is 760 g/mol. The van der Waals surface area contributed by atoms with Gasteiger partial charge >= 0.3 is 6.01 Å². The van der Waals surface area contributed by atoms with Crippen LogP contribution in [-0.4, -0.2) is 120 Å². The number of aromatic hydroxyl groups is 1. The molecule has 12 nitrogen and oxygen atoms in total. The summed E-state index contributed by atoms with van der Waals surface area (Å²) in [6.07, 6.45) is 12.6. The van der Waals surface area contributed by atoms with Gasteiger partial charge in [0.25, 0.3) is 0 Å². The van der Waals surface area contributed by atoms with Crippen LogP contribution in [0.2, 0.25) is 0 Å². The first-order valence-electron chi connectivity index (χ1n) is 19.0. The number of terminal acetylenes is 1. The van der Waals surface area contributed by atoms with Crippen molar-refractivity contribution in [3.8, 4) is 41.2 Å². The molecule has 3 unspecified atom stereocenters. The van der Waals surface area contributed by atoms with Crippen molar-refractivity contribution in [3.05, 3.63) is 41.5 Å². The number of hydrogen-bond donors (Lipinski definition) is 3. The Bertz CT molecular complexity index is 2140. The SMILES string of the molecule is C#Cc1c(F)ccc2cc(O)cc(-c3nc(OC)c4c(N5CCOCC(O)C5)nc(OCC56CCCC5N(C5CC7(COC7)C5)CCC6)nc4c3F)c12.CO. The van der Waals surface area contributed by atoms with E-state index in [0.29, 0.717) is 42.6 Å². The van der Waals surface area contributed by atoms with E-state index in [1.807, 2.05) is 4.90 Å². The van der Waals surface area contributed by atoms with Gasteiger partial charge in [-0.2, -0.15) is 9.97 Å². The standard InChI is InChI=1S/C40H43F2N5O6.CH4O/c1-3-27-29(41)8-7-23-14-25(48)15-28(31(23)27)34-33(42)35-32(37(43-34)50-2)36(46-12-13-51-19-26(49)18-46)45-38(44-35)53-22-40-9-4-6-30(40)47(11-5-10-40)24-16-39(17-24)20-52-21-39;1-2/h1,7-8,14-15,24,26,30,48-49H,4-6,9-13,16-22H2,2H3;2H,1H3. The molecule has 4 aromatic rings. The van der Waals surface area contributed by atoms with E-state index in [2.05, 4.69) is 15.8 Å². The first kappa shape index (κ1) is 37.5. The lowest BCUT2D eigenvalue weighted by atomic mass is 9.62. The molecule has 3 N–H and O–H groups in total. The lowest BCUT2D eigenvalue weighted by Gasteiger charge is -2.60. The molecule has 2 aromatic heterocycles. The summed E-state index contributed by atoms with van der Waals surface area (Å²) < 4.78 is 55.8. The van der Waals surface area contributed by atoms with Crippen LogP contribution in [0.5, 0.6) is 17.6 Å². The lowest BCUT2D eigenvalue weighted by Crippen LogP contribution is -2.64. The molecule has 1 spiro atoms. The van der Waals surface area contributed by atoms with Crippen molar-refractivity contribution in [2.75, 3.05) is 71.8 Å². The number of likely N-dealkylation sites (tertiary alicyclic amines) is 1. The van der Waals surface area contributed by atoms with Crippen LogP contribution in [-0.2, 0) is 9.47 Å². The van der Waals surface area contributed by atoms with Crippen molar-refractivity contribution in [2.24, 2.45) is 10.8 Å². The van der Waals surface area contributed by atoms with E-state index >= 15 is 8.78 Å². The van der Waals surface area contributed by atoms with Gasteiger partial charge in [-0.05, 0) is 68.7 Å². The molecule has 0 amide bonds. The van der Waals surface area contributed by atoms with Crippen LogP contribution in [0.3, 0.4) is 0 Å². The Hall–Kier alpha value is -4.39. The largest absolute Gasteiger partial charge is 0.508 e. The number of piperidine rings is 1. The van der Waals surface area contributed by atoms with Gasteiger partial charge in [0.15, 0.2) is 5.82 Å². The van der Waals surface area contributed by atoms with Crippen LogP contribution in [0, 0.1) is 34.8 Å². The number of hydrogen-bond acceptors (Lipinski definition) is 12. The minimum Gasteiger partial charge on any atom is -0.508 e. The Morgan fingerprint density at radius 1 is 1.04 bits per heavy atom. The summed E-state index contributed by atoms with van der Waals surface area (Å²) in [6.45, 7) is 4.18. The fourth-order valence-corrected chi connectivity index (χ4v) is 9.85. The topological polar surface area (TPSA) is 143 Å². The number of aliphatic hydroxyl groups excluding tert-OH is 2. The predicted molar refractivity (Wildman–Crippen MR) is 201 cm³/mol. The summed E-state index contributed by atoms with van der Waals surface area (Å²) in [4.78, 5) is 18.7. The Morgan fingerprint density at radius 3 is 2.58 bits per heavy atom. The quantitative estimate of drug-likeness (QED) is 0.223. The minimum atomic E-state index is -0.848. The van der Waals surface area contributed by atoms with Crippen molar-refractivity contribution in [3.63, 3.8) is 0 Å². The predicted octanol–water partition coefficient (Wildman–Crippen LogP) is 4.82. The van der Waals surface area contributed by atoms with E-state index in [0.717, 1.165) is 59.0 Å². The van der Waals surface area contributed by atoms with Gasteiger partial charge in [-0.25, -0.2) is 13.8 Å². The Labute approximate surface area is 318 Å². The third-order valence-electron chi connectivity index (χ3n) is 12.4. The second kappa shape index (κ2) is 14.9. The molecule has 2 aromatic carbocycles. The second-order valence-corrected chi connectivity index (χ2v) is 15.6. The van der Waals surface area contributed by atoms with Gasteiger partial charge in [0.1, 0.15) is 34.0 Å². The van der Waals surface area contributed by atoms with Crippen molar-refractivity contribution >= 4 is 27.5 Å². The number of β-amino-alcohol motifs (C(OH)–C–C–N with tert-alkyl or cyclic N) is 1. The van der Waals surface area contributed by atoms with E-state index in [1.165, 1.54) is 44.2 Å². The highest BCUT2D eigenvalue weighted by atomic mass is 19.1. The monoisotopic (exact) mass is 759 g/mol. The number of halogens is 2. The zero-order chi connectivity index (χ0) is 38.5. The molecule has 2 saturated carbocycles. The number of pyridine rings is 1. The Kier molecular flexibility index (Phi) is 10.2. The summed E-state index contributed by atoms with van der Waals surface area (Å²) in [5.41, 5.74) is -0.0877. The van der Waals surface area contributed by atoms with Crippen LogP contribution < -0.4 is 14.4 Å². The number of fused-ring (bicyclic) bond motifs is 3. The fourth-order valence-electron chi connectivity index (χ4n) is 9.85. The van der Waals surface area contributed by atoms with Crippen LogP contribution in [0.1, 0.15) is 50.5 Å². The number of methoxy groups -OCH3 is 1. The maximum atomic E-state index is 17.2. The smallest absolute Gasteiger partial charge is 0.319 e. The molecule has 55 heavy (non-hydrogen) atoms. The first-order chi connectivity index (χ1) is 26.7. The second-order valence-electron chi connectivity index (χ2n) is 15.6. The van der Waals surface area contributed by atoms with Gasteiger partial charge in [-0.3, -0.25) is 4.90 Å². The summed E-state index contributed by atoms with van der Waals surface area (Å²) in [5, 5.41) is 29.2. The third kappa shape index (κ3) is 6.49. The molecule has 0 bridgehead atoms. The summed E-state index contributed by atoms with van der Waals surface area (Å²) in [5.74, 6) is 0.974. The summed E-state index contributed by atoms with van der Waals surface area (Å²) >= 11 is 0. The van der Waals surface area contributed by atoms with E-state index in [-0.39, 0.29) is 75.1 Å². The first-order valence-corrected chi connectivity index (χ1v) is 19.0. The zero-order valence-corrected chi connectivity index (χ0v) is 31.2. The molecule has 0 radical (unpaired) electrons. The number of anilines is 1. The maximum Gasteiger partial charge on any atom is 0.319 e. The molecule has 14 heteroatoms. The van der Waals surface area contributed by atoms with Crippen molar-refractivity contribution < 1.29 is 43.0 Å². The number of phenols is 1. The highest BCUT2D eigenvalue weighted by Gasteiger charge is 2.56. The highest BCUT2D eigenvalue weighted by molar-refractivity contribution is 6.04. The van der Waals surface area contributed by atoms with Crippen LogP contribution in [0.4, 0.5) is 14.6 Å². The minimum absolute atomic E-state index is 0.000245. The van der Waals surface area contributed by atoms with E-state index < -0.39 is 17.7 Å². The highest BCUT2D eigenvalue weighted by Crippen LogP contribution is 2.55. The van der Waals surface area contributed by atoms with E-state index in [9.17, 15) is 10.2 Å². The molecule has 5 aliphatic rings. The maximum absolute atomic E-state index is 17.2. The molecule has 9 rings (SSSR count). The van der Waals surface area contributed by atoms with Crippen LogP contribution >= 0.6 is 0 Å². The van der Waals surface area contributed by atoms with Crippen molar-refractivity contribution in [2.45, 2.75) is 63.1 Å². The van der Waals surface area contributed by atoms with E-state index in [1.54, 1.807) is 0 Å². The molecule has 3 saturated heterocycles. The number of benzene rings is 2. The fraction of sp³-hybridized carbons (Fsp3) is 0.537. The van der Waals surface area contributed by atoms with Gasteiger partial charge in [0.2, 0.25) is 5.88 Å². The molecule has 292 valence electrons. The lowest BCUT2D eigenvalue weighted by molar-refractivity contribution is -0.196. The molecule has 3 aliphatic heterocycles. The average Bonchev–Trinajstić information content (AvgIpc) is 3.48. The summed E-state index contributed by atoms with van der Waals surface area (Å²) in [6, 6.07) is 6.35. The molecular formula is C41H47F2N5O7. The van der Waals surface area contributed by atoms with Gasteiger partial charge in [-0.1, -0.05) is 18.4 Å². The van der Waals surface area contributed by atoms with Gasteiger partial charge in [-0.15, -0.1) is 6.42 Å². The number of rotatable bonds is 7. The molecule has 5 heterocycles. The number of ether oxygens (including phenoxy) is 4. The molecule has 3 atom stereocenters. The van der Waals surface area contributed by atoms with Gasteiger partial charge in [0.05, 0.1) is 51.8 Å². The number of aliphatic hydroxyl groups is 2. The van der Waals surface area contributed by atoms with Crippen molar-refractivity contribution in [1.82, 2.24) is 19.9 Å². The molecular weight excluding hydrogens is 712 g/mol. The van der Waals surface area contributed by atoms with Crippen LogP contribution in [0.25, 0.3) is 32.9 Å². The summed E-state index contributed by atoms with van der Waals surface area (Å²) in [7, 11) is 2.40. The molecule has 2 aliphatic carbocycles. The number of phenolic OH excluding ortho intramolecular Hbond substituents is 1. The Morgan fingerprint density at radius 2 is 1.84 bits per heavy atom. The molecule has 5 fully saturated rings. The van der Waals surface area contributed by atoms with Crippen molar-refractivity contribution in [1.29, 1.82) is 0 Å². The van der Waals surface area contributed by atoms with Crippen LogP contribution in [0.15, 0.2) is 24.3 Å². The zero-order valence-electron chi connectivity index (χ0n) is 31.2. The number of aromatic nitrogens is 3. The number of nitrogens with zero attached hydrogens (tertiary/aromatic N) is 5. The Balaban J connectivity index is 0.00000210. The van der Waals surface area contributed by atoms with Gasteiger partial charge in [0, 0.05) is 54.1 Å². The normalized spacial score (nSPS) is 25.0.